The number of hydrogen-bond donors (Lipinski definition) is 0. The SMILES string of the molecule is CCC1N=C(C)c2cc(F)ccc21. The lowest BCUT2D eigenvalue weighted by atomic mass is 10.0. The van der Waals surface area contributed by atoms with Crippen molar-refractivity contribution < 1.29 is 4.39 Å². The summed E-state index contributed by atoms with van der Waals surface area (Å²) in [4.78, 5) is 4.47. The molecule has 1 unspecified atom stereocenters. The summed E-state index contributed by atoms with van der Waals surface area (Å²) in [5, 5.41) is 0. The smallest absolute Gasteiger partial charge is 0.123 e. The number of halogens is 1. The second-order valence-electron chi connectivity index (χ2n) is 3.37. The molecule has 1 aliphatic heterocycles. The first-order valence-corrected chi connectivity index (χ1v) is 4.56. The second kappa shape index (κ2) is 2.95. The molecule has 0 saturated heterocycles. The molecular weight excluding hydrogens is 165 g/mol. The van der Waals surface area contributed by atoms with Crippen molar-refractivity contribution in [2.24, 2.45) is 4.99 Å². The Labute approximate surface area is 77.3 Å². The van der Waals surface area contributed by atoms with Crippen molar-refractivity contribution in [2.45, 2.75) is 26.3 Å². The molecule has 68 valence electrons. The van der Waals surface area contributed by atoms with E-state index in [1.54, 1.807) is 6.07 Å². The number of rotatable bonds is 1. The number of benzene rings is 1. The summed E-state index contributed by atoms with van der Waals surface area (Å²) in [5.74, 6) is -0.176. The predicted octanol–water partition coefficient (Wildman–Crippen LogP) is 3.10. The molecule has 1 aromatic carbocycles. The molecule has 13 heavy (non-hydrogen) atoms. The number of aliphatic imine (C=N–C) groups is 1. The number of nitrogens with zero attached hydrogens (tertiary/aromatic N) is 1. The lowest BCUT2D eigenvalue weighted by Gasteiger charge is -2.05. The third-order valence-electron chi connectivity index (χ3n) is 2.50. The topological polar surface area (TPSA) is 12.4 Å². The molecule has 0 saturated carbocycles. The van der Waals surface area contributed by atoms with Gasteiger partial charge in [0.15, 0.2) is 0 Å². The highest BCUT2D eigenvalue weighted by atomic mass is 19.1. The van der Waals surface area contributed by atoms with E-state index in [0.29, 0.717) is 0 Å². The van der Waals surface area contributed by atoms with Gasteiger partial charge in [-0.05, 0) is 31.0 Å². The van der Waals surface area contributed by atoms with Gasteiger partial charge in [0.2, 0.25) is 0 Å². The molecule has 1 aromatic rings. The highest BCUT2D eigenvalue weighted by Crippen LogP contribution is 2.31. The van der Waals surface area contributed by atoms with Crippen LogP contribution in [0.15, 0.2) is 23.2 Å². The zero-order valence-corrected chi connectivity index (χ0v) is 7.84. The van der Waals surface area contributed by atoms with E-state index in [1.807, 2.05) is 13.0 Å². The quantitative estimate of drug-likeness (QED) is 0.625. The van der Waals surface area contributed by atoms with E-state index in [2.05, 4.69) is 11.9 Å². The van der Waals surface area contributed by atoms with Gasteiger partial charge in [0.05, 0.1) is 6.04 Å². The highest BCUT2D eigenvalue weighted by Gasteiger charge is 2.20. The van der Waals surface area contributed by atoms with Crippen LogP contribution >= 0.6 is 0 Å². The maximum absolute atomic E-state index is 12.9. The van der Waals surface area contributed by atoms with E-state index in [9.17, 15) is 4.39 Å². The molecule has 1 atom stereocenters. The zero-order valence-electron chi connectivity index (χ0n) is 7.84. The molecule has 0 aliphatic carbocycles. The van der Waals surface area contributed by atoms with E-state index >= 15 is 0 Å². The first-order chi connectivity index (χ1) is 6.22. The molecule has 1 heterocycles. The summed E-state index contributed by atoms with van der Waals surface area (Å²) < 4.78 is 12.9. The number of hydrogen-bond acceptors (Lipinski definition) is 1. The Morgan fingerprint density at radius 2 is 2.23 bits per heavy atom. The van der Waals surface area contributed by atoms with Crippen LogP contribution in [0, 0.1) is 5.82 Å². The molecule has 1 nitrogen and oxygen atoms in total. The fourth-order valence-electron chi connectivity index (χ4n) is 1.82. The highest BCUT2D eigenvalue weighted by molar-refractivity contribution is 6.02. The minimum atomic E-state index is -0.176. The molecule has 0 bridgehead atoms. The molecule has 0 N–H and O–H groups in total. The molecule has 0 amide bonds. The molecule has 0 aromatic heterocycles. The van der Waals surface area contributed by atoms with E-state index < -0.39 is 0 Å². The number of fused-ring (bicyclic) bond motifs is 1. The molecule has 1 aliphatic rings. The van der Waals surface area contributed by atoms with Crippen molar-refractivity contribution in [2.75, 3.05) is 0 Å². The van der Waals surface area contributed by atoms with Crippen molar-refractivity contribution >= 4 is 5.71 Å². The van der Waals surface area contributed by atoms with Gasteiger partial charge in [-0.2, -0.15) is 0 Å². The van der Waals surface area contributed by atoms with Crippen molar-refractivity contribution in [1.82, 2.24) is 0 Å². The van der Waals surface area contributed by atoms with Gasteiger partial charge >= 0.3 is 0 Å². The summed E-state index contributed by atoms with van der Waals surface area (Å²) in [5.41, 5.74) is 3.11. The largest absolute Gasteiger partial charge is 0.281 e. The van der Waals surface area contributed by atoms with Crippen molar-refractivity contribution in [3.63, 3.8) is 0 Å². The lowest BCUT2D eigenvalue weighted by Crippen LogP contribution is -1.94. The van der Waals surface area contributed by atoms with Crippen molar-refractivity contribution in [1.29, 1.82) is 0 Å². The Balaban J connectivity index is 2.53. The molecule has 0 fully saturated rings. The Morgan fingerprint density at radius 1 is 1.46 bits per heavy atom. The van der Waals surface area contributed by atoms with Crippen LogP contribution in [-0.2, 0) is 0 Å². The lowest BCUT2D eigenvalue weighted by molar-refractivity contribution is 0.625. The van der Waals surface area contributed by atoms with Crippen LogP contribution in [0.4, 0.5) is 4.39 Å². The van der Waals surface area contributed by atoms with Crippen LogP contribution in [0.3, 0.4) is 0 Å². The summed E-state index contributed by atoms with van der Waals surface area (Å²) in [6, 6.07) is 5.17. The van der Waals surface area contributed by atoms with Gasteiger partial charge < -0.3 is 0 Å². The monoisotopic (exact) mass is 177 g/mol. The second-order valence-corrected chi connectivity index (χ2v) is 3.37. The molecule has 2 heteroatoms. The first kappa shape index (κ1) is 8.42. The van der Waals surface area contributed by atoms with Crippen LogP contribution in [-0.4, -0.2) is 5.71 Å². The maximum atomic E-state index is 12.9. The minimum Gasteiger partial charge on any atom is -0.281 e. The Kier molecular flexibility index (Phi) is 1.91. The van der Waals surface area contributed by atoms with Gasteiger partial charge in [-0.1, -0.05) is 13.0 Å². The Morgan fingerprint density at radius 3 is 2.92 bits per heavy atom. The average molecular weight is 177 g/mol. The molecule has 0 radical (unpaired) electrons. The standard InChI is InChI=1S/C11H12FN/c1-3-11-9-5-4-8(12)6-10(9)7(2)13-11/h4-6,11H,3H2,1-2H3. The van der Waals surface area contributed by atoms with Crippen molar-refractivity contribution in [3.8, 4) is 0 Å². The minimum absolute atomic E-state index is 0.176. The first-order valence-electron chi connectivity index (χ1n) is 4.56. The molecular formula is C11H12FN. The van der Waals surface area contributed by atoms with Crippen LogP contribution in [0.1, 0.15) is 37.4 Å². The Hall–Kier alpha value is -1.18. The van der Waals surface area contributed by atoms with Gasteiger partial charge in [0.25, 0.3) is 0 Å². The summed E-state index contributed by atoms with van der Waals surface area (Å²) in [7, 11) is 0. The van der Waals surface area contributed by atoms with Crippen LogP contribution in [0.5, 0.6) is 0 Å². The summed E-state index contributed by atoms with van der Waals surface area (Å²) in [6.45, 7) is 4.04. The van der Waals surface area contributed by atoms with Crippen LogP contribution in [0.25, 0.3) is 0 Å². The van der Waals surface area contributed by atoms with Crippen LogP contribution < -0.4 is 0 Å². The van der Waals surface area contributed by atoms with E-state index in [1.165, 1.54) is 11.6 Å². The van der Waals surface area contributed by atoms with E-state index in [4.69, 9.17) is 0 Å². The van der Waals surface area contributed by atoms with E-state index in [-0.39, 0.29) is 11.9 Å². The van der Waals surface area contributed by atoms with E-state index in [0.717, 1.165) is 17.7 Å². The normalized spacial score (nSPS) is 19.9. The van der Waals surface area contributed by atoms with Crippen LogP contribution in [0.2, 0.25) is 0 Å². The third-order valence-corrected chi connectivity index (χ3v) is 2.50. The van der Waals surface area contributed by atoms with Crippen molar-refractivity contribution in [3.05, 3.63) is 35.1 Å². The predicted molar refractivity (Wildman–Crippen MR) is 51.6 cm³/mol. The zero-order chi connectivity index (χ0) is 9.42. The molecule has 2 rings (SSSR count). The third kappa shape index (κ3) is 1.26. The summed E-state index contributed by atoms with van der Waals surface area (Å²) >= 11 is 0. The van der Waals surface area contributed by atoms with Gasteiger partial charge in [-0.3, -0.25) is 4.99 Å². The van der Waals surface area contributed by atoms with Gasteiger partial charge in [-0.25, -0.2) is 4.39 Å². The molecule has 0 spiro atoms. The Bertz CT molecular complexity index is 368. The van der Waals surface area contributed by atoms with Gasteiger partial charge in [0, 0.05) is 11.3 Å². The fraction of sp³-hybridized carbons (Fsp3) is 0.364. The van der Waals surface area contributed by atoms with Gasteiger partial charge in [0.1, 0.15) is 5.82 Å². The van der Waals surface area contributed by atoms with Gasteiger partial charge in [-0.15, -0.1) is 0 Å². The summed E-state index contributed by atoms with van der Waals surface area (Å²) in [6.07, 6.45) is 0.982. The fourth-order valence-corrected chi connectivity index (χ4v) is 1.82. The average Bonchev–Trinajstić information content (AvgIpc) is 2.43. The maximum Gasteiger partial charge on any atom is 0.123 e.